The molecule has 0 heterocycles. The van der Waals surface area contributed by atoms with E-state index in [9.17, 15) is 4.79 Å². The zero-order valence-corrected chi connectivity index (χ0v) is 7.03. The van der Waals surface area contributed by atoms with Crippen molar-refractivity contribution in [2.24, 2.45) is 0 Å². The van der Waals surface area contributed by atoms with E-state index in [1.54, 1.807) is 0 Å². The molecule has 0 aliphatic rings. The van der Waals surface area contributed by atoms with E-state index in [0.717, 1.165) is 0 Å². The van der Waals surface area contributed by atoms with Gasteiger partial charge in [-0.2, -0.15) is 0 Å². The van der Waals surface area contributed by atoms with Crippen LogP contribution in [-0.4, -0.2) is 46.6 Å². The normalized spacial score (nSPS) is 15.3. The SMILES string of the molecule is CC(=O)NC[C@@H](O)C[C@H](O)CO. The van der Waals surface area contributed by atoms with Gasteiger partial charge in [-0.05, 0) is 0 Å². The molecule has 0 saturated heterocycles. The van der Waals surface area contributed by atoms with E-state index < -0.39 is 12.2 Å². The second-order valence-corrected chi connectivity index (χ2v) is 2.66. The molecule has 0 saturated carbocycles. The highest BCUT2D eigenvalue weighted by Gasteiger charge is 2.10. The van der Waals surface area contributed by atoms with Crippen LogP contribution in [0.3, 0.4) is 0 Å². The average Bonchev–Trinajstić information content (AvgIpc) is 2.00. The molecule has 0 aromatic rings. The van der Waals surface area contributed by atoms with Gasteiger partial charge in [0.25, 0.3) is 0 Å². The summed E-state index contributed by atoms with van der Waals surface area (Å²) in [6, 6.07) is 0. The van der Waals surface area contributed by atoms with Gasteiger partial charge in [0, 0.05) is 19.9 Å². The maximum atomic E-state index is 10.4. The molecule has 5 heteroatoms. The molecule has 72 valence electrons. The molecule has 12 heavy (non-hydrogen) atoms. The molecule has 0 aromatic carbocycles. The fourth-order valence-electron chi connectivity index (χ4n) is 0.733. The van der Waals surface area contributed by atoms with Gasteiger partial charge in [-0.25, -0.2) is 0 Å². The molecule has 0 spiro atoms. The molecule has 5 nitrogen and oxygen atoms in total. The van der Waals surface area contributed by atoms with Crippen molar-refractivity contribution in [3.8, 4) is 0 Å². The first-order valence-corrected chi connectivity index (χ1v) is 3.77. The average molecular weight is 177 g/mol. The predicted octanol–water partition coefficient (Wildman–Crippen LogP) is -1.77. The zero-order chi connectivity index (χ0) is 9.56. The van der Waals surface area contributed by atoms with Gasteiger partial charge in [0.15, 0.2) is 0 Å². The van der Waals surface area contributed by atoms with Crippen molar-refractivity contribution in [3.05, 3.63) is 0 Å². The molecule has 0 unspecified atom stereocenters. The Morgan fingerprint density at radius 1 is 1.42 bits per heavy atom. The number of hydrogen-bond acceptors (Lipinski definition) is 4. The highest BCUT2D eigenvalue weighted by atomic mass is 16.3. The second-order valence-electron chi connectivity index (χ2n) is 2.66. The van der Waals surface area contributed by atoms with Crippen molar-refractivity contribution in [3.63, 3.8) is 0 Å². The van der Waals surface area contributed by atoms with Gasteiger partial charge < -0.3 is 20.6 Å². The van der Waals surface area contributed by atoms with Crippen molar-refractivity contribution >= 4 is 5.91 Å². The van der Waals surface area contributed by atoms with Crippen LogP contribution in [0.2, 0.25) is 0 Å². The van der Waals surface area contributed by atoms with E-state index in [1.165, 1.54) is 6.92 Å². The minimum Gasteiger partial charge on any atom is -0.394 e. The van der Waals surface area contributed by atoms with Crippen LogP contribution >= 0.6 is 0 Å². The first kappa shape index (κ1) is 11.4. The third-order valence-electron chi connectivity index (χ3n) is 1.34. The van der Waals surface area contributed by atoms with Gasteiger partial charge in [-0.15, -0.1) is 0 Å². The smallest absolute Gasteiger partial charge is 0.216 e. The Balaban J connectivity index is 3.45. The molecule has 4 N–H and O–H groups in total. The summed E-state index contributed by atoms with van der Waals surface area (Å²) < 4.78 is 0. The minimum atomic E-state index is -0.922. The van der Waals surface area contributed by atoms with Gasteiger partial charge in [-0.1, -0.05) is 0 Å². The first-order chi connectivity index (χ1) is 5.56. The van der Waals surface area contributed by atoms with Crippen molar-refractivity contribution in [1.82, 2.24) is 5.32 Å². The van der Waals surface area contributed by atoms with Gasteiger partial charge in [0.2, 0.25) is 5.91 Å². The molecule has 0 aliphatic carbocycles. The number of hydrogen-bond donors (Lipinski definition) is 4. The third-order valence-corrected chi connectivity index (χ3v) is 1.34. The van der Waals surface area contributed by atoms with Gasteiger partial charge in [0.05, 0.1) is 18.8 Å². The standard InChI is InChI=1S/C7H15NO4/c1-5(10)8-3-6(11)2-7(12)4-9/h6-7,9,11-12H,2-4H2,1H3,(H,8,10)/t6-,7-/m0/s1. The number of rotatable bonds is 5. The summed E-state index contributed by atoms with van der Waals surface area (Å²) in [7, 11) is 0. The van der Waals surface area contributed by atoms with Crippen LogP contribution in [0.4, 0.5) is 0 Å². The summed E-state index contributed by atoms with van der Waals surface area (Å²) in [5, 5.41) is 28.8. The lowest BCUT2D eigenvalue weighted by Gasteiger charge is -2.13. The fraction of sp³-hybridized carbons (Fsp3) is 0.857. The Hall–Kier alpha value is -0.650. The van der Waals surface area contributed by atoms with Crippen LogP contribution in [-0.2, 0) is 4.79 Å². The molecule has 0 bridgehead atoms. The lowest BCUT2D eigenvalue weighted by atomic mass is 10.1. The molecular formula is C7H15NO4. The van der Waals surface area contributed by atoms with Crippen LogP contribution in [0, 0.1) is 0 Å². The zero-order valence-electron chi connectivity index (χ0n) is 7.03. The predicted molar refractivity (Wildman–Crippen MR) is 42.4 cm³/mol. The monoisotopic (exact) mass is 177 g/mol. The summed E-state index contributed by atoms with van der Waals surface area (Å²) in [4.78, 5) is 10.4. The lowest BCUT2D eigenvalue weighted by Crippen LogP contribution is -2.33. The molecule has 0 radical (unpaired) electrons. The van der Waals surface area contributed by atoms with Crippen LogP contribution in [0.25, 0.3) is 0 Å². The van der Waals surface area contributed by atoms with E-state index >= 15 is 0 Å². The lowest BCUT2D eigenvalue weighted by molar-refractivity contribution is -0.119. The number of aliphatic hydroxyl groups is 3. The van der Waals surface area contributed by atoms with Gasteiger partial charge in [0.1, 0.15) is 0 Å². The minimum absolute atomic E-state index is 0.0663. The maximum Gasteiger partial charge on any atom is 0.216 e. The Labute approximate surface area is 71.0 Å². The van der Waals surface area contributed by atoms with Crippen molar-refractivity contribution in [1.29, 1.82) is 0 Å². The molecule has 0 rings (SSSR count). The van der Waals surface area contributed by atoms with Gasteiger partial charge in [-0.3, -0.25) is 4.79 Å². The summed E-state index contributed by atoms with van der Waals surface area (Å²) in [5.41, 5.74) is 0. The van der Waals surface area contributed by atoms with E-state index in [4.69, 9.17) is 15.3 Å². The Kier molecular flexibility index (Phi) is 5.61. The fourth-order valence-corrected chi connectivity index (χ4v) is 0.733. The summed E-state index contributed by atoms with van der Waals surface area (Å²) in [6.45, 7) is 1.07. The van der Waals surface area contributed by atoms with E-state index in [1.807, 2.05) is 0 Å². The molecule has 2 atom stereocenters. The number of carbonyl (C=O) groups is 1. The Morgan fingerprint density at radius 3 is 2.42 bits per heavy atom. The molecule has 1 amide bonds. The highest BCUT2D eigenvalue weighted by molar-refractivity contribution is 5.72. The highest BCUT2D eigenvalue weighted by Crippen LogP contribution is 1.95. The molecular weight excluding hydrogens is 162 g/mol. The third kappa shape index (κ3) is 6.09. The second kappa shape index (κ2) is 5.93. The molecule has 0 aromatic heterocycles. The van der Waals surface area contributed by atoms with Crippen LogP contribution in [0.5, 0.6) is 0 Å². The molecule has 0 fully saturated rings. The van der Waals surface area contributed by atoms with Crippen molar-refractivity contribution in [2.75, 3.05) is 13.2 Å². The summed E-state index contributed by atoms with van der Waals surface area (Å²) >= 11 is 0. The van der Waals surface area contributed by atoms with E-state index in [2.05, 4.69) is 5.32 Å². The largest absolute Gasteiger partial charge is 0.394 e. The van der Waals surface area contributed by atoms with Crippen LogP contribution in [0.1, 0.15) is 13.3 Å². The maximum absolute atomic E-state index is 10.4. The van der Waals surface area contributed by atoms with Crippen molar-refractivity contribution < 1.29 is 20.1 Å². The number of nitrogens with one attached hydrogen (secondary N) is 1. The van der Waals surface area contributed by atoms with Crippen LogP contribution in [0.15, 0.2) is 0 Å². The Bertz CT molecular complexity index is 139. The van der Waals surface area contributed by atoms with E-state index in [-0.39, 0.29) is 25.5 Å². The number of carbonyl (C=O) groups excluding carboxylic acids is 1. The first-order valence-electron chi connectivity index (χ1n) is 3.77. The summed E-state index contributed by atoms with van der Waals surface area (Å²) in [6.07, 6.45) is -1.67. The van der Waals surface area contributed by atoms with Crippen LogP contribution < -0.4 is 5.32 Å². The summed E-state index contributed by atoms with van der Waals surface area (Å²) in [5.74, 6) is -0.229. The molecule has 0 aliphatic heterocycles. The topological polar surface area (TPSA) is 89.8 Å². The van der Waals surface area contributed by atoms with Crippen molar-refractivity contribution in [2.45, 2.75) is 25.6 Å². The quantitative estimate of drug-likeness (QED) is 0.400. The van der Waals surface area contributed by atoms with Gasteiger partial charge >= 0.3 is 0 Å². The number of amides is 1. The Morgan fingerprint density at radius 2 is 2.00 bits per heavy atom. The van der Waals surface area contributed by atoms with E-state index in [0.29, 0.717) is 0 Å². The number of aliphatic hydroxyl groups excluding tert-OH is 3.